The quantitative estimate of drug-likeness (QED) is 0.178. The molecule has 1 aromatic rings. The molecular weight excluding hydrogens is 316 g/mol. The van der Waals surface area contributed by atoms with Gasteiger partial charge < -0.3 is 18.9 Å². The highest BCUT2D eigenvalue weighted by Gasteiger charge is 2.20. The van der Waals surface area contributed by atoms with Crippen molar-refractivity contribution in [3.05, 3.63) is 35.4 Å². The lowest BCUT2D eigenvalue weighted by molar-refractivity contribution is -0.144. The average molecular weight is 336 g/mol. The molecule has 24 heavy (non-hydrogen) atoms. The maximum Gasteiger partial charge on any atom is 0.345 e. The van der Waals surface area contributed by atoms with Gasteiger partial charge in [0, 0.05) is 12.0 Å². The third-order valence-corrected chi connectivity index (χ3v) is 3.04. The predicted molar refractivity (Wildman–Crippen MR) is 85.2 cm³/mol. The minimum absolute atomic E-state index is 0.240. The van der Waals surface area contributed by atoms with Gasteiger partial charge in [-0.05, 0) is 18.6 Å². The zero-order chi connectivity index (χ0) is 17.9. The van der Waals surface area contributed by atoms with Crippen LogP contribution in [0.1, 0.15) is 18.4 Å². The summed E-state index contributed by atoms with van der Waals surface area (Å²) in [6, 6.07) is 6.86. The molecule has 0 saturated carbocycles. The SMILES string of the molecule is COC(=O)CCCOc1ccccc1C=C(C(=O)OC)C(=O)OC. The fourth-order valence-electron chi connectivity index (χ4n) is 1.81. The summed E-state index contributed by atoms with van der Waals surface area (Å²) in [5, 5.41) is 0. The van der Waals surface area contributed by atoms with Crippen molar-refractivity contribution in [1.29, 1.82) is 0 Å². The van der Waals surface area contributed by atoms with E-state index in [0.717, 1.165) is 0 Å². The van der Waals surface area contributed by atoms with Crippen molar-refractivity contribution >= 4 is 24.0 Å². The Hall–Kier alpha value is -2.83. The van der Waals surface area contributed by atoms with E-state index < -0.39 is 11.9 Å². The number of esters is 3. The van der Waals surface area contributed by atoms with Gasteiger partial charge in [-0.1, -0.05) is 18.2 Å². The molecule has 0 fully saturated rings. The van der Waals surface area contributed by atoms with E-state index in [2.05, 4.69) is 14.2 Å². The first-order chi connectivity index (χ1) is 11.5. The van der Waals surface area contributed by atoms with E-state index in [0.29, 0.717) is 17.7 Å². The van der Waals surface area contributed by atoms with E-state index in [1.165, 1.54) is 27.4 Å². The number of hydrogen-bond acceptors (Lipinski definition) is 7. The van der Waals surface area contributed by atoms with Crippen molar-refractivity contribution in [2.24, 2.45) is 0 Å². The summed E-state index contributed by atoms with van der Waals surface area (Å²) >= 11 is 0. The second-order valence-corrected chi connectivity index (χ2v) is 4.61. The van der Waals surface area contributed by atoms with Gasteiger partial charge in [0.2, 0.25) is 0 Å². The van der Waals surface area contributed by atoms with Crippen LogP contribution in [-0.2, 0) is 28.6 Å². The lowest BCUT2D eigenvalue weighted by Crippen LogP contribution is -2.15. The predicted octanol–water partition coefficient (Wildman–Crippen LogP) is 1.75. The molecular formula is C17H20O7. The second kappa shape index (κ2) is 10.0. The van der Waals surface area contributed by atoms with Crippen LogP contribution < -0.4 is 4.74 Å². The van der Waals surface area contributed by atoms with Gasteiger partial charge in [0.1, 0.15) is 11.3 Å². The normalized spacial score (nSPS) is 9.62. The lowest BCUT2D eigenvalue weighted by atomic mass is 10.1. The number of rotatable bonds is 8. The molecule has 0 amide bonds. The molecule has 130 valence electrons. The summed E-state index contributed by atoms with van der Waals surface area (Å²) in [5.74, 6) is -1.46. The molecule has 0 aliphatic carbocycles. The van der Waals surface area contributed by atoms with Crippen LogP contribution in [0.25, 0.3) is 6.08 Å². The van der Waals surface area contributed by atoms with Crippen LogP contribution in [0, 0.1) is 0 Å². The lowest BCUT2D eigenvalue weighted by Gasteiger charge is -2.10. The Bertz CT molecular complexity index is 601. The van der Waals surface area contributed by atoms with Crippen LogP contribution in [0.5, 0.6) is 5.75 Å². The molecule has 0 saturated heterocycles. The molecule has 0 spiro atoms. The van der Waals surface area contributed by atoms with Gasteiger partial charge >= 0.3 is 17.9 Å². The van der Waals surface area contributed by atoms with Crippen molar-refractivity contribution in [2.75, 3.05) is 27.9 Å². The van der Waals surface area contributed by atoms with Gasteiger partial charge in [0.15, 0.2) is 0 Å². The Morgan fingerprint density at radius 3 is 2.17 bits per heavy atom. The zero-order valence-electron chi connectivity index (χ0n) is 13.9. The number of hydrogen-bond donors (Lipinski definition) is 0. The second-order valence-electron chi connectivity index (χ2n) is 4.61. The summed E-state index contributed by atoms with van der Waals surface area (Å²) in [7, 11) is 3.67. The molecule has 0 aliphatic rings. The van der Waals surface area contributed by atoms with Crippen LogP contribution in [0.3, 0.4) is 0 Å². The fraction of sp³-hybridized carbons (Fsp3) is 0.353. The summed E-state index contributed by atoms with van der Waals surface area (Å²) in [6.45, 7) is 0.283. The molecule has 0 bridgehead atoms. The van der Waals surface area contributed by atoms with Crippen LogP contribution >= 0.6 is 0 Å². The molecule has 0 N–H and O–H groups in total. The molecule has 0 heterocycles. The standard InChI is InChI=1S/C17H20O7/c1-21-15(18)9-6-10-24-14-8-5-4-7-12(14)11-13(16(19)22-2)17(20)23-3/h4-5,7-8,11H,6,9-10H2,1-3H3. The Morgan fingerprint density at radius 2 is 1.58 bits per heavy atom. The summed E-state index contributed by atoms with van der Waals surface area (Å²) < 4.78 is 19.3. The largest absolute Gasteiger partial charge is 0.493 e. The first-order valence-corrected chi connectivity index (χ1v) is 7.20. The number of carbonyl (C=O) groups excluding carboxylic acids is 3. The first-order valence-electron chi connectivity index (χ1n) is 7.20. The van der Waals surface area contributed by atoms with Gasteiger partial charge in [-0.2, -0.15) is 0 Å². The highest BCUT2D eigenvalue weighted by Crippen LogP contribution is 2.22. The Balaban J connectivity index is 2.91. The van der Waals surface area contributed by atoms with E-state index in [4.69, 9.17) is 4.74 Å². The van der Waals surface area contributed by atoms with Gasteiger partial charge in [0.25, 0.3) is 0 Å². The number of para-hydroxylation sites is 1. The molecule has 0 aliphatic heterocycles. The van der Waals surface area contributed by atoms with Crippen molar-refractivity contribution < 1.29 is 33.3 Å². The number of methoxy groups -OCH3 is 3. The average Bonchev–Trinajstić information content (AvgIpc) is 2.62. The minimum atomic E-state index is -0.803. The summed E-state index contributed by atoms with van der Waals surface area (Å²) in [6.07, 6.45) is 2.06. The Kier molecular flexibility index (Phi) is 8.04. The van der Waals surface area contributed by atoms with E-state index in [9.17, 15) is 14.4 Å². The molecule has 1 rings (SSSR count). The van der Waals surface area contributed by atoms with E-state index in [1.54, 1.807) is 24.3 Å². The molecule has 0 unspecified atom stereocenters. The van der Waals surface area contributed by atoms with Crippen LogP contribution in [0.4, 0.5) is 0 Å². The Morgan fingerprint density at radius 1 is 0.958 bits per heavy atom. The van der Waals surface area contributed by atoms with Crippen LogP contribution in [0.2, 0.25) is 0 Å². The topological polar surface area (TPSA) is 88.1 Å². The van der Waals surface area contributed by atoms with Crippen LogP contribution in [-0.4, -0.2) is 45.8 Å². The number of ether oxygens (including phenoxy) is 4. The maximum absolute atomic E-state index is 11.7. The molecule has 1 aromatic carbocycles. The Labute approximate surface area is 140 Å². The van der Waals surface area contributed by atoms with Crippen molar-refractivity contribution in [3.63, 3.8) is 0 Å². The fourth-order valence-corrected chi connectivity index (χ4v) is 1.81. The molecule has 7 nitrogen and oxygen atoms in total. The van der Waals surface area contributed by atoms with Gasteiger partial charge in [-0.25, -0.2) is 9.59 Å². The smallest absolute Gasteiger partial charge is 0.345 e. The highest BCUT2D eigenvalue weighted by atomic mass is 16.5. The monoisotopic (exact) mass is 336 g/mol. The third kappa shape index (κ3) is 5.75. The van der Waals surface area contributed by atoms with E-state index in [-0.39, 0.29) is 24.6 Å². The maximum atomic E-state index is 11.7. The molecule has 0 atom stereocenters. The minimum Gasteiger partial charge on any atom is -0.493 e. The number of carbonyl (C=O) groups is 3. The summed E-state index contributed by atoms with van der Waals surface area (Å²) in [4.78, 5) is 34.5. The molecule has 0 aromatic heterocycles. The summed E-state index contributed by atoms with van der Waals surface area (Å²) in [5.41, 5.74) is 0.270. The van der Waals surface area contributed by atoms with Crippen molar-refractivity contribution in [3.8, 4) is 5.75 Å². The number of benzene rings is 1. The molecule has 0 radical (unpaired) electrons. The van der Waals surface area contributed by atoms with Crippen molar-refractivity contribution in [2.45, 2.75) is 12.8 Å². The van der Waals surface area contributed by atoms with Crippen LogP contribution in [0.15, 0.2) is 29.8 Å². The van der Waals surface area contributed by atoms with Crippen molar-refractivity contribution in [1.82, 2.24) is 0 Å². The molecule has 7 heteroatoms. The zero-order valence-corrected chi connectivity index (χ0v) is 13.9. The van der Waals surface area contributed by atoms with Gasteiger partial charge in [-0.3, -0.25) is 4.79 Å². The highest BCUT2D eigenvalue weighted by molar-refractivity contribution is 6.17. The van der Waals surface area contributed by atoms with Gasteiger partial charge in [0.05, 0.1) is 27.9 Å². The first kappa shape index (κ1) is 19.2. The van der Waals surface area contributed by atoms with E-state index in [1.807, 2.05) is 0 Å². The van der Waals surface area contributed by atoms with E-state index >= 15 is 0 Å². The third-order valence-electron chi connectivity index (χ3n) is 3.04. The van der Waals surface area contributed by atoms with Gasteiger partial charge in [-0.15, -0.1) is 0 Å².